The van der Waals surface area contributed by atoms with Gasteiger partial charge in [0.25, 0.3) is 0 Å². The fraction of sp³-hybridized carbons (Fsp3) is 0.750. The molecule has 25 heavy (non-hydrogen) atoms. The van der Waals surface area contributed by atoms with Gasteiger partial charge in [-0.05, 0) is 71.3 Å². The van der Waals surface area contributed by atoms with Crippen molar-refractivity contribution < 1.29 is 9.21 Å². The van der Waals surface area contributed by atoms with Crippen LogP contribution in [0.5, 0.6) is 0 Å². The Hall–Kier alpha value is -1.33. The van der Waals surface area contributed by atoms with Gasteiger partial charge >= 0.3 is 0 Å². The topological polar surface area (TPSA) is 48.7 Å². The Kier molecular flexibility index (Phi) is 6.54. The van der Waals surface area contributed by atoms with Crippen molar-refractivity contribution in [2.45, 2.75) is 58.0 Å². The van der Waals surface area contributed by atoms with Gasteiger partial charge in [-0.2, -0.15) is 0 Å². The molecule has 1 unspecified atom stereocenters. The fourth-order valence-corrected chi connectivity index (χ4v) is 4.23. The lowest BCUT2D eigenvalue weighted by molar-refractivity contribution is -0.127. The fourth-order valence-electron chi connectivity index (χ4n) is 4.23. The lowest BCUT2D eigenvalue weighted by atomic mass is 9.93. The maximum atomic E-state index is 12.5. The number of nitrogens with zero attached hydrogens (tertiary/aromatic N) is 2. The average Bonchev–Trinajstić information content (AvgIpc) is 3.15. The third kappa shape index (κ3) is 5.08. The number of amides is 1. The number of likely N-dealkylation sites (tertiary alicyclic amines) is 2. The van der Waals surface area contributed by atoms with Crippen LogP contribution >= 0.6 is 0 Å². The molecule has 0 bridgehead atoms. The molecule has 2 aliphatic heterocycles. The van der Waals surface area contributed by atoms with Crippen molar-refractivity contribution in [2.75, 3.05) is 32.7 Å². The minimum absolute atomic E-state index is 0.147. The molecule has 5 nitrogen and oxygen atoms in total. The van der Waals surface area contributed by atoms with E-state index in [9.17, 15) is 4.79 Å². The van der Waals surface area contributed by atoms with Crippen molar-refractivity contribution in [2.24, 2.45) is 5.92 Å². The van der Waals surface area contributed by atoms with Crippen molar-refractivity contribution in [1.29, 1.82) is 0 Å². The lowest BCUT2D eigenvalue weighted by Crippen LogP contribution is -2.51. The Morgan fingerprint density at radius 3 is 2.76 bits per heavy atom. The van der Waals surface area contributed by atoms with E-state index in [0.29, 0.717) is 18.6 Å². The third-order valence-corrected chi connectivity index (χ3v) is 5.82. The zero-order chi connectivity index (χ0) is 17.6. The molecule has 0 radical (unpaired) electrons. The van der Waals surface area contributed by atoms with E-state index in [1.165, 1.54) is 25.9 Å². The van der Waals surface area contributed by atoms with Crippen LogP contribution in [0.2, 0.25) is 0 Å². The van der Waals surface area contributed by atoms with Crippen LogP contribution in [0, 0.1) is 5.92 Å². The number of hydrogen-bond acceptors (Lipinski definition) is 4. The molecule has 3 rings (SSSR count). The van der Waals surface area contributed by atoms with E-state index in [2.05, 4.69) is 29.0 Å². The molecule has 2 fully saturated rings. The first-order chi connectivity index (χ1) is 12.1. The predicted molar refractivity (Wildman–Crippen MR) is 99.4 cm³/mol. The van der Waals surface area contributed by atoms with Crippen LogP contribution < -0.4 is 5.32 Å². The Morgan fingerprint density at radius 2 is 2.08 bits per heavy atom. The summed E-state index contributed by atoms with van der Waals surface area (Å²) in [5.74, 6) is 1.30. The van der Waals surface area contributed by atoms with Gasteiger partial charge in [-0.3, -0.25) is 9.69 Å². The van der Waals surface area contributed by atoms with E-state index < -0.39 is 0 Å². The van der Waals surface area contributed by atoms with Crippen LogP contribution in [-0.2, 0) is 11.2 Å². The number of nitrogens with one attached hydrogen (secondary N) is 1. The first-order valence-corrected chi connectivity index (χ1v) is 9.91. The largest absolute Gasteiger partial charge is 0.469 e. The molecular formula is C20H33N3O2. The summed E-state index contributed by atoms with van der Waals surface area (Å²) in [7, 11) is 0. The highest BCUT2D eigenvalue weighted by Gasteiger charge is 2.31. The Bertz CT molecular complexity index is 521. The third-order valence-electron chi connectivity index (χ3n) is 5.82. The van der Waals surface area contributed by atoms with E-state index in [4.69, 9.17) is 4.42 Å². The SMILES string of the molecule is CC(C)N1CCC(N2CCCC(C(=O)NCCc3ccco3)C2)CC1. The van der Waals surface area contributed by atoms with E-state index in [0.717, 1.165) is 38.1 Å². The van der Waals surface area contributed by atoms with Gasteiger partial charge in [-0.1, -0.05) is 0 Å². The highest BCUT2D eigenvalue weighted by Crippen LogP contribution is 2.24. The zero-order valence-electron chi connectivity index (χ0n) is 15.7. The van der Waals surface area contributed by atoms with Gasteiger partial charge < -0.3 is 14.6 Å². The molecule has 0 aromatic carbocycles. The molecular weight excluding hydrogens is 314 g/mol. The summed E-state index contributed by atoms with van der Waals surface area (Å²) in [6.07, 6.45) is 7.09. The minimum atomic E-state index is 0.147. The second kappa shape index (κ2) is 8.86. The number of hydrogen-bond donors (Lipinski definition) is 1. The molecule has 0 aliphatic carbocycles. The van der Waals surface area contributed by atoms with Gasteiger partial charge in [0.15, 0.2) is 0 Å². The Labute approximate surface area is 151 Å². The molecule has 1 aromatic rings. The maximum absolute atomic E-state index is 12.5. The van der Waals surface area contributed by atoms with Crippen LogP contribution in [0.4, 0.5) is 0 Å². The highest BCUT2D eigenvalue weighted by atomic mass is 16.3. The number of carbonyl (C=O) groups is 1. The highest BCUT2D eigenvalue weighted by molar-refractivity contribution is 5.78. The van der Waals surface area contributed by atoms with Crippen LogP contribution in [0.3, 0.4) is 0 Å². The first kappa shape index (κ1) is 18.5. The van der Waals surface area contributed by atoms with Crippen molar-refractivity contribution in [3.63, 3.8) is 0 Å². The van der Waals surface area contributed by atoms with E-state index in [-0.39, 0.29) is 11.8 Å². The number of rotatable bonds is 6. The normalized spacial score (nSPS) is 23.9. The molecule has 1 amide bonds. The van der Waals surface area contributed by atoms with E-state index in [1.54, 1.807) is 6.26 Å². The summed E-state index contributed by atoms with van der Waals surface area (Å²) >= 11 is 0. The summed E-state index contributed by atoms with van der Waals surface area (Å²) in [6.45, 7) is 9.70. The van der Waals surface area contributed by atoms with Crippen LogP contribution in [0.15, 0.2) is 22.8 Å². The summed E-state index contributed by atoms with van der Waals surface area (Å²) < 4.78 is 5.32. The first-order valence-electron chi connectivity index (χ1n) is 9.91. The summed E-state index contributed by atoms with van der Waals surface area (Å²) in [6, 6.07) is 5.16. The molecule has 0 saturated carbocycles. The number of carbonyl (C=O) groups excluding carboxylic acids is 1. The van der Waals surface area contributed by atoms with Crippen molar-refractivity contribution >= 4 is 5.91 Å². The standard InChI is InChI=1S/C20H33N3O2/c1-16(2)22-12-8-18(9-13-22)23-11-3-5-17(15-23)20(24)21-10-7-19-6-4-14-25-19/h4,6,14,16-18H,3,5,7-13,15H2,1-2H3,(H,21,24). The minimum Gasteiger partial charge on any atom is -0.469 e. The van der Waals surface area contributed by atoms with Crippen LogP contribution in [0.1, 0.15) is 45.3 Å². The Morgan fingerprint density at radius 1 is 1.28 bits per heavy atom. The van der Waals surface area contributed by atoms with Gasteiger partial charge in [0.2, 0.25) is 5.91 Å². The van der Waals surface area contributed by atoms with Crippen molar-refractivity contribution in [3.8, 4) is 0 Å². The number of furan rings is 1. The predicted octanol–water partition coefficient (Wildman–Crippen LogP) is 2.52. The second-order valence-corrected chi connectivity index (χ2v) is 7.82. The van der Waals surface area contributed by atoms with E-state index >= 15 is 0 Å². The smallest absolute Gasteiger partial charge is 0.224 e. The Balaban J connectivity index is 1.42. The van der Waals surface area contributed by atoms with Gasteiger partial charge in [-0.25, -0.2) is 0 Å². The molecule has 2 aliphatic rings. The molecule has 1 N–H and O–H groups in total. The zero-order valence-corrected chi connectivity index (χ0v) is 15.7. The molecule has 1 atom stereocenters. The molecule has 2 saturated heterocycles. The van der Waals surface area contributed by atoms with Crippen LogP contribution in [-0.4, -0.2) is 60.5 Å². The van der Waals surface area contributed by atoms with Gasteiger partial charge in [0.05, 0.1) is 12.2 Å². The quantitative estimate of drug-likeness (QED) is 0.859. The van der Waals surface area contributed by atoms with Gasteiger partial charge in [0.1, 0.15) is 5.76 Å². The van der Waals surface area contributed by atoms with Gasteiger partial charge in [-0.15, -0.1) is 0 Å². The molecule has 1 aromatic heterocycles. The van der Waals surface area contributed by atoms with Crippen molar-refractivity contribution in [1.82, 2.24) is 15.1 Å². The maximum Gasteiger partial charge on any atom is 0.224 e. The van der Waals surface area contributed by atoms with E-state index in [1.807, 2.05) is 12.1 Å². The number of piperidine rings is 2. The molecule has 140 valence electrons. The van der Waals surface area contributed by atoms with Gasteiger partial charge in [0, 0.05) is 31.6 Å². The average molecular weight is 348 g/mol. The summed E-state index contributed by atoms with van der Waals surface area (Å²) in [4.78, 5) is 17.7. The summed E-state index contributed by atoms with van der Waals surface area (Å²) in [5.41, 5.74) is 0. The van der Waals surface area contributed by atoms with Crippen molar-refractivity contribution in [3.05, 3.63) is 24.2 Å². The monoisotopic (exact) mass is 347 g/mol. The molecule has 0 spiro atoms. The molecule has 3 heterocycles. The van der Waals surface area contributed by atoms with Crippen LogP contribution in [0.25, 0.3) is 0 Å². The summed E-state index contributed by atoms with van der Waals surface area (Å²) in [5, 5.41) is 3.10. The molecule has 5 heteroatoms. The lowest BCUT2D eigenvalue weighted by Gasteiger charge is -2.43. The second-order valence-electron chi connectivity index (χ2n) is 7.82.